The molecular weight excluding hydrogens is 230 g/mol. The van der Waals surface area contributed by atoms with Crippen LogP contribution in [-0.4, -0.2) is 25.1 Å². The lowest BCUT2D eigenvalue weighted by atomic mass is 10.2. The van der Waals surface area contributed by atoms with Gasteiger partial charge in [0.05, 0.1) is 4.92 Å². The zero-order chi connectivity index (χ0) is 13.5. The summed E-state index contributed by atoms with van der Waals surface area (Å²) in [6.45, 7) is 5.76. The molecule has 0 aromatic heterocycles. The first-order valence-electron chi connectivity index (χ1n) is 6.35. The lowest BCUT2D eigenvalue weighted by molar-refractivity contribution is -0.383. The molecule has 0 bridgehead atoms. The predicted molar refractivity (Wildman–Crippen MR) is 75.4 cm³/mol. The zero-order valence-corrected chi connectivity index (χ0v) is 11.3. The van der Waals surface area contributed by atoms with Crippen molar-refractivity contribution in [2.75, 3.05) is 30.4 Å². The van der Waals surface area contributed by atoms with Crippen LogP contribution in [0.5, 0.6) is 0 Å². The average Bonchev–Trinajstić information content (AvgIpc) is 2.38. The van der Waals surface area contributed by atoms with Crippen molar-refractivity contribution in [1.29, 1.82) is 0 Å². The van der Waals surface area contributed by atoms with Gasteiger partial charge in [-0.2, -0.15) is 0 Å². The van der Waals surface area contributed by atoms with Gasteiger partial charge in [0.1, 0.15) is 11.4 Å². The minimum atomic E-state index is -0.310. The van der Waals surface area contributed by atoms with Crippen LogP contribution in [0.1, 0.15) is 26.7 Å². The van der Waals surface area contributed by atoms with Crippen molar-refractivity contribution in [1.82, 2.24) is 0 Å². The van der Waals surface area contributed by atoms with Gasteiger partial charge in [0.25, 0.3) is 0 Å². The third-order valence-electron chi connectivity index (χ3n) is 2.97. The number of rotatable bonds is 7. The molecule has 0 spiro atoms. The molecule has 1 N–H and O–H groups in total. The summed E-state index contributed by atoms with van der Waals surface area (Å²) in [6.07, 6.45) is 2.12. The molecule has 100 valence electrons. The van der Waals surface area contributed by atoms with Crippen LogP contribution < -0.4 is 10.2 Å². The molecule has 0 saturated heterocycles. The van der Waals surface area contributed by atoms with Gasteiger partial charge in [-0.1, -0.05) is 19.4 Å². The minimum absolute atomic E-state index is 0.165. The molecule has 0 amide bonds. The van der Waals surface area contributed by atoms with Gasteiger partial charge in [-0.3, -0.25) is 10.1 Å². The van der Waals surface area contributed by atoms with Crippen LogP contribution in [-0.2, 0) is 0 Å². The monoisotopic (exact) mass is 251 g/mol. The molecule has 1 aromatic rings. The molecule has 18 heavy (non-hydrogen) atoms. The molecule has 0 aliphatic heterocycles. The highest BCUT2D eigenvalue weighted by molar-refractivity contribution is 5.76. The highest BCUT2D eigenvalue weighted by atomic mass is 16.6. The number of nitrogens with one attached hydrogen (secondary N) is 1. The average molecular weight is 251 g/mol. The standard InChI is InChI=1S/C13H21N3O2/c1-4-6-10-15(5-2)12-9-7-8-11(14-3)13(12)16(17)18/h7-9,14H,4-6,10H2,1-3H3. The van der Waals surface area contributed by atoms with Crippen molar-refractivity contribution in [3.63, 3.8) is 0 Å². The van der Waals surface area contributed by atoms with Gasteiger partial charge in [0, 0.05) is 20.1 Å². The highest BCUT2D eigenvalue weighted by Crippen LogP contribution is 2.35. The second kappa shape index (κ2) is 6.83. The van der Waals surface area contributed by atoms with Crippen molar-refractivity contribution in [2.24, 2.45) is 0 Å². The molecular formula is C13H21N3O2. The van der Waals surface area contributed by atoms with Gasteiger partial charge in [-0.25, -0.2) is 0 Å². The highest BCUT2D eigenvalue weighted by Gasteiger charge is 2.22. The number of nitro benzene ring substituents is 1. The topological polar surface area (TPSA) is 58.4 Å². The SMILES string of the molecule is CCCCN(CC)c1cccc(NC)c1[N+](=O)[O-]. The lowest BCUT2D eigenvalue weighted by Gasteiger charge is -2.23. The fourth-order valence-corrected chi connectivity index (χ4v) is 1.98. The van der Waals surface area contributed by atoms with E-state index in [9.17, 15) is 10.1 Å². The molecule has 0 aliphatic rings. The Morgan fingerprint density at radius 1 is 1.39 bits per heavy atom. The van der Waals surface area contributed by atoms with E-state index in [1.165, 1.54) is 0 Å². The van der Waals surface area contributed by atoms with E-state index in [1.54, 1.807) is 13.1 Å². The smallest absolute Gasteiger partial charge is 0.315 e. The van der Waals surface area contributed by atoms with Crippen molar-refractivity contribution in [3.05, 3.63) is 28.3 Å². The third-order valence-corrected chi connectivity index (χ3v) is 2.97. The first kappa shape index (κ1) is 14.3. The van der Waals surface area contributed by atoms with Crippen molar-refractivity contribution in [2.45, 2.75) is 26.7 Å². The third kappa shape index (κ3) is 3.12. The number of hydrogen-bond acceptors (Lipinski definition) is 4. The molecule has 1 aromatic carbocycles. The summed E-state index contributed by atoms with van der Waals surface area (Å²) in [5, 5.41) is 14.1. The fraction of sp³-hybridized carbons (Fsp3) is 0.538. The summed E-state index contributed by atoms with van der Waals surface area (Å²) in [5.74, 6) is 0. The number of nitro groups is 1. The summed E-state index contributed by atoms with van der Waals surface area (Å²) < 4.78 is 0. The van der Waals surface area contributed by atoms with Crippen LogP contribution in [0.3, 0.4) is 0 Å². The molecule has 0 aliphatic carbocycles. The van der Waals surface area contributed by atoms with Crippen LogP contribution in [0.15, 0.2) is 18.2 Å². The number of nitrogens with zero attached hydrogens (tertiary/aromatic N) is 2. The molecule has 0 radical (unpaired) electrons. The van der Waals surface area contributed by atoms with E-state index in [0.717, 1.165) is 25.9 Å². The van der Waals surface area contributed by atoms with Gasteiger partial charge in [-0.15, -0.1) is 0 Å². The Morgan fingerprint density at radius 2 is 2.11 bits per heavy atom. The summed E-state index contributed by atoms with van der Waals surface area (Å²) in [7, 11) is 1.70. The van der Waals surface area contributed by atoms with Crippen LogP contribution in [0.2, 0.25) is 0 Å². The maximum Gasteiger partial charge on any atom is 0.315 e. The van der Waals surface area contributed by atoms with E-state index >= 15 is 0 Å². The van der Waals surface area contributed by atoms with Crippen molar-refractivity contribution < 1.29 is 4.92 Å². The number of unbranched alkanes of at least 4 members (excludes halogenated alkanes) is 1. The van der Waals surface area contributed by atoms with Gasteiger partial charge in [0.15, 0.2) is 0 Å². The molecule has 5 heteroatoms. The molecule has 0 atom stereocenters. The Balaban J connectivity index is 3.16. The van der Waals surface area contributed by atoms with Crippen LogP contribution >= 0.6 is 0 Å². The number of para-hydroxylation sites is 1. The van der Waals surface area contributed by atoms with E-state index < -0.39 is 0 Å². The molecule has 1 rings (SSSR count). The van der Waals surface area contributed by atoms with Gasteiger partial charge >= 0.3 is 5.69 Å². The molecule has 0 unspecified atom stereocenters. The Kier molecular flexibility index (Phi) is 5.42. The summed E-state index contributed by atoms with van der Waals surface area (Å²) in [5.41, 5.74) is 1.42. The van der Waals surface area contributed by atoms with E-state index in [-0.39, 0.29) is 10.6 Å². The van der Waals surface area contributed by atoms with Gasteiger partial charge < -0.3 is 10.2 Å². The van der Waals surface area contributed by atoms with Gasteiger partial charge in [0.2, 0.25) is 0 Å². The largest absolute Gasteiger partial charge is 0.382 e. The second-order valence-electron chi connectivity index (χ2n) is 4.11. The Morgan fingerprint density at radius 3 is 2.61 bits per heavy atom. The first-order valence-corrected chi connectivity index (χ1v) is 6.35. The van der Waals surface area contributed by atoms with E-state index in [1.807, 2.05) is 19.1 Å². The molecule has 5 nitrogen and oxygen atoms in total. The lowest BCUT2D eigenvalue weighted by Crippen LogP contribution is -2.24. The van der Waals surface area contributed by atoms with Crippen LogP contribution in [0.25, 0.3) is 0 Å². The van der Waals surface area contributed by atoms with E-state index in [4.69, 9.17) is 0 Å². The Hall–Kier alpha value is -1.78. The Labute approximate surface area is 108 Å². The molecule has 0 saturated carbocycles. The van der Waals surface area contributed by atoms with Crippen molar-refractivity contribution in [3.8, 4) is 0 Å². The second-order valence-corrected chi connectivity index (χ2v) is 4.11. The van der Waals surface area contributed by atoms with E-state index in [0.29, 0.717) is 11.4 Å². The number of hydrogen-bond donors (Lipinski definition) is 1. The number of anilines is 2. The van der Waals surface area contributed by atoms with Crippen LogP contribution in [0.4, 0.5) is 17.1 Å². The fourth-order valence-electron chi connectivity index (χ4n) is 1.98. The van der Waals surface area contributed by atoms with E-state index in [2.05, 4.69) is 17.1 Å². The quantitative estimate of drug-likeness (QED) is 0.597. The summed E-state index contributed by atoms with van der Waals surface area (Å²) in [4.78, 5) is 13.0. The predicted octanol–water partition coefficient (Wildman–Crippen LogP) is 3.26. The Bertz CT molecular complexity index is 407. The van der Waals surface area contributed by atoms with Crippen molar-refractivity contribution >= 4 is 17.1 Å². The van der Waals surface area contributed by atoms with Crippen LogP contribution in [0, 0.1) is 10.1 Å². The maximum absolute atomic E-state index is 11.2. The number of benzene rings is 1. The maximum atomic E-state index is 11.2. The first-order chi connectivity index (χ1) is 8.65. The zero-order valence-electron chi connectivity index (χ0n) is 11.3. The minimum Gasteiger partial charge on any atom is -0.382 e. The summed E-state index contributed by atoms with van der Waals surface area (Å²) >= 11 is 0. The molecule has 0 heterocycles. The van der Waals surface area contributed by atoms with Gasteiger partial charge in [-0.05, 0) is 25.5 Å². The normalized spacial score (nSPS) is 10.2. The molecule has 0 fully saturated rings. The summed E-state index contributed by atoms with van der Waals surface area (Å²) in [6, 6.07) is 5.40.